The van der Waals surface area contributed by atoms with Crippen molar-refractivity contribution >= 4 is 5.69 Å². The van der Waals surface area contributed by atoms with Crippen LogP contribution in [0.3, 0.4) is 0 Å². The van der Waals surface area contributed by atoms with Gasteiger partial charge in [-0.3, -0.25) is 9.36 Å². The van der Waals surface area contributed by atoms with Gasteiger partial charge in [0.25, 0.3) is 5.56 Å². The third kappa shape index (κ3) is 2.62. The highest BCUT2D eigenvalue weighted by molar-refractivity contribution is 5.56. The predicted octanol–water partition coefficient (Wildman–Crippen LogP) is 2.38. The summed E-state index contributed by atoms with van der Waals surface area (Å²) in [6, 6.07) is 9.02. The Hall–Kier alpha value is -2.23. The molecule has 2 N–H and O–H groups in total. The van der Waals surface area contributed by atoms with Gasteiger partial charge in [0.05, 0.1) is 12.8 Å². The molecule has 0 aliphatic carbocycles. The van der Waals surface area contributed by atoms with Crippen LogP contribution in [0.4, 0.5) is 5.69 Å². The van der Waals surface area contributed by atoms with Crippen LogP contribution in [0, 0.1) is 0 Å². The molecular formula is C15H18N2O2. The summed E-state index contributed by atoms with van der Waals surface area (Å²) in [4.78, 5) is 12.4. The van der Waals surface area contributed by atoms with E-state index in [1.807, 2.05) is 12.1 Å². The summed E-state index contributed by atoms with van der Waals surface area (Å²) in [6.45, 7) is 2.06. The van der Waals surface area contributed by atoms with Gasteiger partial charge in [0.2, 0.25) is 0 Å². The third-order valence-corrected chi connectivity index (χ3v) is 3.01. The van der Waals surface area contributed by atoms with Gasteiger partial charge in [-0.15, -0.1) is 0 Å². The number of hydrogen-bond acceptors (Lipinski definition) is 3. The van der Waals surface area contributed by atoms with E-state index in [0.717, 1.165) is 18.4 Å². The maximum atomic E-state index is 12.4. The maximum Gasteiger partial charge on any atom is 0.258 e. The molecule has 1 aromatic heterocycles. The van der Waals surface area contributed by atoms with E-state index in [1.54, 1.807) is 36.1 Å². The SMILES string of the molecule is CCCc1cccn(-c2ccc(N)cc2OC)c1=O. The standard InChI is InChI=1S/C15H18N2O2/c1-3-5-11-6-4-9-17(15(11)18)13-8-7-12(16)10-14(13)19-2/h4,6-10H,3,5,16H2,1-2H3. The number of pyridine rings is 1. The zero-order valence-electron chi connectivity index (χ0n) is 11.2. The zero-order chi connectivity index (χ0) is 13.8. The molecule has 0 radical (unpaired) electrons. The Kier molecular flexibility index (Phi) is 3.90. The monoisotopic (exact) mass is 258 g/mol. The lowest BCUT2D eigenvalue weighted by Crippen LogP contribution is -2.21. The quantitative estimate of drug-likeness (QED) is 0.857. The molecule has 0 bridgehead atoms. The molecule has 0 fully saturated rings. The number of methoxy groups -OCH3 is 1. The molecule has 1 heterocycles. The van der Waals surface area contributed by atoms with Crippen LogP contribution >= 0.6 is 0 Å². The number of aromatic nitrogens is 1. The Balaban J connectivity index is 2.59. The molecular weight excluding hydrogens is 240 g/mol. The molecule has 2 rings (SSSR count). The Morgan fingerprint density at radius 1 is 1.32 bits per heavy atom. The van der Waals surface area contributed by atoms with Crippen molar-refractivity contribution in [2.75, 3.05) is 12.8 Å². The fourth-order valence-electron chi connectivity index (χ4n) is 2.08. The van der Waals surface area contributed by atoms with Gasteiger partial charge in [0, 0.05) is 23.5 Å². The number of anilines is 1. The first kappa shape index (κ1) is 13.2. The van der Waals surface area contributed by atoms with Crippen LogP contribution in [-0.2, 0) is 6.42 Å². The molecule has 2 aromatic rings. The molecule has 0 amide bonds. The van der Waals surface area contributed by atoms with E-state index in [-0.39, 0.29) is 5.56 Å². The second-order valence-electron chi connectivity index (χ2n) is 4.39. The minimum atomic E-state index is -0.00702. The summed E-state index contributed by atoms with van der Waals surface area (Å²) in [5.41, 5.74) is 7.85. The largest absolute Gasteiger partial charge is 0.494 e. The van der Waals surface area contributed by atoms with Crippen molar-refractivity contribution in [1.29, 1.82) is 0 Å². The highest BCUT2D eigenvalue weighted by Gasteiger charge is 2.09. The van der Waals surface area contributed by atoms with Crippen molar-refractivity contribution in [2.24, 2.45) is 0 Å². The molecule has 0 aliphatic heterocycles. The van der Waals surface area contributed by atoms with Crippen LogP contribution < -0.4 is 16.0 Å². The fraction of sp³-hybridized carbons (Fsp3) is 0.267. The maximum absolute atomic E-state index is 12.4. The van der Waals surface area contributed by atoms with E-state index in [4.69, 9.17) is 10.5 Å². The van der Waals surface area contributed by atoms with Crippen molar-refractivity contribution in [1.82, 2.24) is 4.57 Å². The average Bonchev–Trinajstić information content (AvgIpc) is 2.42. The molecule has 0 atom stereocenters. The van der Waals surface area contributed by atoms with Crippen molar-refractivity contribution in [2.45, 2.75) is 19.8 Å². The average molecular weight is 258 g/mol. The first-order chi connectivity index (χ1) is 9.17. The molecule has 0 spiro atoms. The van der Waals surface area contributed by atoms with E-state index in [0.29, 0.717) is 17.1 Å². The van der Waals surface area contributed by atoms with E-state index in [1.165, 1.54) is 0 Å². The number of aryl methyl sites for hydroxylation is 1. The minimum absolute atomic E-state index is 0.00702. The number of rotatable bonds is 4. The first-order valence-electron chi connectivity index (χ1n) is 6.31. The minimum Gasteiger partial charge on any atom is -0.494 e. The van der Waals surface area contributed by atoms with E-state index >= 15 is 0 Å². The molecule has 1 aromatic carbocycles. The summed E-state index contributed by atoms with van der Waals surface area (Å²) in [5.74, 6) is 0.593. The zero-order valence-corrected chi connectivity index (χ0v) is 11.2. The summed E-state index contributed by atoms with van der Waals surface area (Å²) in [6.07, 6.45) is 3.46. The van der Waals surface area contributed by atoms with Gasteiger partial charge in [-0.05, 0) is 24.6 Å². The van der Waals surface area contributed by atoms with Gasteiger partial charge in [-0.25, -0.2) is 0 Å². The van der Waals surface area contributed by atoms with Gasteiger partial charge in [-0.1, -0.05) is 19.4 Å². The highest BCUT2D eigenvalue weighted by atomic mass is 16.5. The summed E-state index contributed by atoms with van der Waals surface area (Å²) in [7, 11) is 1.57. The van der Waals surface area contributed by atoms with Crippen LogP contribution in [0.5, 0.6) is 5.75 Å². The normalized spacial score (nSPS) is 10.4. The Bertz CT molecular complexity index is 632. The highest BCUT2D eigenvalue weighted by Crippen LogP contribution is 2.24. The smallest absolute Gasteiger partial charge is 0.258 e. The number of nitrogens with two attached hydrogens (primary N) is 1. The van der Waals surface area contributed by atoms with E-state index in [2.05, 4.69) is 6.92 Å². The summed E-state index contributed by atoms with van der Waals surface area (Å²) >= 11 is 0. The van der Waals surface area contributed by atoms with Crippen LogP contribution in [0.2, 0.25) is 0 Å². The lowest BCUT2D eigenvalue weighted by Gasteiger charge is -2.12. The molecule has 100 valence electrons. The van der Waals surface area contributed by atoms with Crippen LogP contribution in [0.1, 0.15) is 18.9 Å². The molecule has 4 nitrogen and oxygen atoms in total. The van der Waals surface area contributed by atoms with Crippen LogP contribution in [-0.4, -0.2) is 11.7 Å². The van der Waals surface area contributed by atoms with Gasteiger partial charge in [-0.2, -0.15) is 0 Å². The van der Waals surface area contributed by atoms with Crippen molar-refractivity contribution in [3.63, 3.8) is 0 Å². The molecule has 0 unspecified atom stereocenters. The van der Waals surface area contributed by atoms with E-state index in [9.17, 15) is 4.79 Å². The second-order valence-corrected chi connectivity index (χ2v) is 4.39. The third-order valence-electron chi connectivity index (χ3n) is 3.01. The van der Waals surface area contributed by atoms with Crippen LogP contribution in [0.25, 0.3) is 5.69 Å². The number of benzene rings is 1. The molecule has 0 saturated heterocycles. The van der Waals surface area contributed by atoms with Gasteiger partial charge < -0.3 is 10.5 Å². The molecule has 19 heavy (non-hydrogen) atoms. The van der Waals surface area contributed by atoms with Crippen molar-refractivity contribution in [3.05, 3.63) is 52.4 Å². The van der Waals surface area contributed by atoms with Crippen LogP contribution in [0.15, 0.2) is 41.3 Å². The first-order valence-corrected chi connectivity index (χ1v) is 6.31. The Labute approximate surface area is 112 Å². The number of nitrogen functional groups attached to an aromatic ring is 1. The van der Waals surface area contributed by atoms with E-state index < -0.39 is 0 Å². The molecule has 4 heteroatoms. The van der Waals surface area contributed by atoms with Gasteiger partial charge in [0.15, 0.2) is 0 Å². The second kappa shape index (κ2) is 5.61. The van der Waals surface area contributed by atoms with Gasteiger partial charge >= 0.3 is 0 Å². The molecule has 0 saturated carbocycles. The van der Waals surface area contributed by atoms with Crippen molar-refractivity contribution in [3.8, 4) is 11.4 Å². The predicted molar refractivity (Wildman–Crippen MR) is 77.0 cm³/mol. The fourth-order valence-corrected chi connectivity index (χ4v) is 2.08. The molecule has 0 aliphatic rings. The Morgan fingerprint density at radius 3 is 2.79 bits per heavy atom. The summed E-state index contributed by atoms with van der Waals surface area (Å²) in [5, 5.41) is 0. The lowest BCUT2D eigenvalue weighted by molar-refractivity contribution is 0.413. The van der Waals surface area contributed by atoms with Crippen molar-refractivity contribution < 1.29 is 4.74 Å². The summed E-state index contributed by atoms with van der Waals surface area (Å²) < 4.78 is 6.90. The topological polar surface area (TPSA) is 57.2 Å². The Morgan fingerprint density at radius 2 is 2.11 bits per heavy atom. The lowest BCUT2D eigenvalue weighted by atomic mass is 10.1. The number of hydrogen-bond donors (Lipinski definition) is 1. The number of ether oxygens (including phenoxy) is 1. The van der Waals surface area contributed by atoms with Gasteiger partial charge in [0.1, 0.15) is 5.75 Å². The number of nitrogens with zero attached hydrogens (tertiary/aromatic N) is 1.